The number of hydrogen-bond donors (Lipinski definition) is 0. The Morgan fingerprint density at radius 2 is 1.67 bits per heavy atom. The van der Waals surface area contributed by atoms with Crippen LogP contribution >= 0.6 is 0 Å². The highest BCUT2D eigenvalue weighted by atomic mass is 16.1. The van der Waals surface area contributed by atoms with E-state index < -0.39 is 0 Å². The molecule has 12 heavy (non-hydrogen) atoms. The quantitative estimate of drug-likeness (QED) is 0.589. The number of hydrogen-bond acceptors (Lipinski definition) is 1. The zero-order valence-corrected chi connectivity index (χ0v) is 8.89. The maximum Gasteiger partial charge on any atom is 0.133 e. The first-order chi connectivity index (χ1) is 5.72. The van der Waals surface area contributed by atoms with Crippen LogP contribution in [0.15, 0.2) is 0 Å². The number of carbonyl (C=O) groups excluding carboxylic acids is 1. The SMILES string of the molecule is CC.CC(=O)C1CCCCC1C. The molecule has 0 heterocycles. The zero-order valence-electron chi connectivity index (χ0n) is 8.89. The molecule has 0 amide bonds. The molecule has 0 aliphatic heterocycles. The smallest absolute Gasteiger partial charge is 0.133 e. The molecule has 72 valence electrons. The van der Waals surface area contributed by atoms with Gasteiger partial charge in [-0.15, -0.1) is 0 Å². The summed E-state index contributed by atoms with van der Waals surface area (Å²) in [4.78, 5) is 11.0. The van der Waals surface area contributed by atoms with Crippen LogP contribution in [0.4, 0.5) is 0 Å². The third kappa shape index (κ3) is 3.38. The molecule has 1 nitrogen and oxygen atoms in total. The first-order valence-electron chi connectivity index (χ1n) is 5.22. The van der Waals surface area contributed by atoms with Gasteiger partial charge < -0.3 is 0 Å². The lowest BCUT2D eigenvalue weighted by molar-refractivity contribution is -0.123. The van der Waals surface area contributed by atoms with Crippen LogP contribution in [0.1, 0.15) is 53.4 Å². The first kappa shape index (κ1) is 11.7. The fourth-order valence-electron chi connectivity index (χ4n) is 1.92. The Balaban J connectivity index is 0.000000561. The first-order valence-corrected chi connectivity index (χ1v) is 5.22. The van der Waals surface area contributed by atoms with Crippen molar-refractivity contribution in [2.24, 2.45) is 11.8 Å². The van der Waals surface area contributed by atoms with Crippen LogP contribution < -0.4 is 0 Å². The Morgan fingerprint density at radius 1 is 1.17 bits per heavy atom. The van der Waals surface area contributed by atoms with Gasteiger partial charge in [-0.05, 0) is 19.3 Å². The van der Waals surface area contributed by atoms with E-state index in [1.807, 2.05) is 13.8 Å². The number of Topliss-reactive ketones (excluding diaryl/α,β-unsaturated/α-hetero) is 1. The van der Waals surface area contributed by atoms with Crippen molar-refractivity contribution in [2.75, 3.05) is 0 Å². The predicted octanol–water partition coefficient (Wildman–Crippen LogP) is 3.43. The highest BCUT2D eigenvalue weighted by molar-refractivity contribution is 5.78. The third-order valence-electron chi connectivity index (χ3n) is 2.63. The molecule has 1 fully saturated rings. The van der Waals surface area contributed by atoms with E-state index in [2.05, 4.69) is 6.92 Å². The maximum absolute atomic E-state index is 11.0. The fourth-order valence-corrected chi connectivity index (χ4v) is 1.92. The number of rotatable bonds is 1. The van der Waals surface area contributed by atoms with Crippen molar-refractivity contribution < 1.29 is 4.79 Å². The molecule has 1 aliphatic carbocycles. The summed E-state index contributed by atoms with van der Waals surface area (Å²) in [6.45, 7) is 7.93. The Labute approximate surface area is 76.6 Å². The molecule has 1 aliphatic rings. The van der Waals surface area contributed by atoms with Gasteiger partial charge in [-0.3, -0.25) is 4.79 Å². The molecule has 0 radical (unpaired) electrons. The number of ketones is 1. The maximum atomic E-state index is 11.0. The highest BCUT2D eigenvalue weighted by Gasteiger charge is 2.24. The zero-order chi connectivity index (χ0) is 9.56. The molecule has 2 unspecified atom stereocenters. The summed E-state index contributed by atoms with van der Waals surface area (Å²) < 4.78 is 0. The van der Waals surface area contributed by atoms with E-state index in [1.54, 1.807) is 6.92 Å². The summed E-state index contributed by atoms with van der Waals surface area (Å²) in [6, 6.07) is 0. The van der Waals surface area contributed by atoms with Gasteiger partial charge in [-0.2, -0.15) is 0 Å². The van der Waals surface area contributed by atoms with Gasteiger partial charge in [0, 0.05) is 5.92 Å². The van der Waals surface area contributed by atoms with Crippen molar-refractivity contribution >= 4 is 5.78 Å². The second-order valence-corrected chi connectivity index (χ2v) is 3.48. The third-order valence-corrected chi connectivity index (χ3v) is 2.63. The number of carbonyl (C=O) groups is 1. The summed E-state index contributed by atoms with van der Waals surface area (Å²) in [7, 11) is 0. The Hall–Kier alpha value is -0.330. The van der Waals surface area contributed by atoms with E-state index in [-0.39, 0.29) is 0 Å². The van der Waals surface area contributed by atoms with Crippen LogP contribution in [0.25, 0.3) is 0 Å². The minimum absolute atomic E-state index is 0.383. The molecule has 0 aromatic heterocycles. The Bertz CT molecular complexity index is 129. The highest BCUT2D eigenvalue weighted by Crippen LogP contribution is 2.29. The molecule has 0 spiro atoms. The monoisotopic (exact) mass is 170 g/mol. The van der Waals surface area contributed by atoms with Crippen LogP contribution in [-0.2, 0) is 4.79 Å². The van der Waals surface area contributed by atoms with Crippen LogP contribution in [0, 0.1) is 11.8 Å². The molecule has 0 N–H and O–H groups in total. The summed E-state index contributed by atoms with van der Waals surface area (Å²) in [5.74, 6) is 1.42. The molecule has 1 rings (SSSR count). The van der Waals surface area contributed by atoms with Gasteiger partial charge >= 0.3 is 0 Å². The van der Waals surface area contributed by atoms with Gasteiger partial charge in [0.05, 0.1) is 0 Å². The fraction of sp³-hybridized carbons (Fsp3) is 0.909. The molecule has 1 heteroatoms. The summed E-state index contributed by atoms with van der Waals surface area (Å²) in [5, 5.41) is 0. The van der Waals surface area contributed by atoms with Gasteiger partial charge in [-0.1, -0.05) is 40.0 Å². The van der Waals surface area contributed by atoms with E-state index in [1.165, 1.54) is 19.3 Å². The minimum atomic E-state index is 0.383. The van der Waals surface area contributed by atoms with Crippen LogP contribution in [0.5, 0.6) is 0 Å². The van der Waals surface area contributed by atoms with E-state index in [9.17, 15) is 4.79 Å². The van der Waals surface area contributed by atoms with Gasteiger partial charge in [0.2, 0.25) is 0 Å². The van der Waals surface area contributed by atoms with Crippen molar-refractivity contribution in [3.63, 3.8) is 0 Å². The van der Waals surface area contributed by atoms with Crippen molar-refractivity contribution in [1.82, 2.24) is 0 Å². The van der Waals surface area contributed by atoms with E-state index >= 15 is 0 Å². The standard InChI is InChI=1S/C9H16O.C2H6/c1-7-5-3-4-6-9(7)8(2)10;1-2/h7,9H,3-6H2,1-2H3;1-2H3. The Kier molecular flexibility index (Phi) is 6.04. The average Bonchev–Trinajstić information content (AvgIpc) is 2.08. The lowest BCUT2D eigenvalue weighted by Gasteiger charge is -2.26. The minimum Gasteiger partial charge on any atom is -0.300 e. The summed E-state index contributed by atoms with van der Waals surface area (Å²) in [5.41, 5.74) is 0. The summed E-state index contributed by atoms with van der Waals surface area (Å²) in [6.07, 6.45) is 4.97. The molecule has 1 saturated carbocycles. The van der Waals surface area contributed by atoms with Crippen molar-refractivity contribution in [3.05, 3.63) is 0 Å². The second kappa shape index (κ2) is 6.22. The molecular formula is C11H22O. The van der Waals surface area contributed by atoms with Crippen molar-refractivity contribution in [2.45, 2.75) is 53.4 Å². The van der Waals surface area contributed by atoms with E-state index in [0.717, 1.165) is 6.42 Å². The predicted molar refractivity (Wildman–Crippen MR) is 53.2 cm³/mol. The molecule has 0 bridgehead atoms. The molecular weight excluding hydrogens is 148 g/mol. The molecule has 0 saturated heterocycles. The van der Waals surface area contributed by atoms with Crippen LogP contribution in [0.3, 0.4) is 0 Å². The lowest BCUT2D eigenvalue weighted by Crippen LogP contribution is -2.22. The topological polar surface area (TPSA) is 17.1 Å². The van der Waals surface area contributed by atoms with Crippen LogP contribution in [-0.4, -0.2) is 5.78 Å². The second-order valence-electron chi connectivity index (χ2n) is 3.48. The molecule has 2 atom stereocenters. The lowest BCUT2D eigenvalue weighted by atomic mass is 9.78. The van der Waals surface area contributed by atoms with Crippen LogP contribution in [0.2, 0.25) is 0 Å². The van der Waals surface area contributed by atoms with E-state index in [0.29, 0.717) is 17.6 Å². The average molecular weight is 170 g/mol. The summed E-state index contributed by atoms with van der Waals surface area (Å²) >= 11 is 0. The molecule has 0 aromatic rings. The molecule has 0 aromatic carbocycles. The van der Waals surface area contributed by atoms with Crippen molar-refractivity contribution in [3.8, 4) is 0 Å². The normalized spacial score (nSPS) is 28.7. The van der Waals surface area contributed by atoms with Gasteiger partial charge in [0.1, 0.15) is 5.78 Å². The van der Waals surface area contributed by atoms with Gasteiger partial charge in [0.25, 0.3) is 0 Å². The largest absolute Gasteiger partial charge is 0.300 e. The Morgan fingerprint density at radius 3 is 2.00 bits per heavy atom. The van der Waals surface area contributed by atoms with Crippen molar-refractivity contribution in [1.29, 1.82) is 0 Å². The van der Waals surface area contributed by atoms with E-state index in [4.69, 9.17) is 0 Å². The van der Waals surface area contributed by atoms with Gasteiger partial charge in [0.15, 0.2) is 0 Å². The van der Waals surface area contributed by atoms with Gasteiger partial charge in [-0.25, -0.2) is 0 Å².